The number of hydrogen-bond acceptors (Lipinski definition) is 3. The van der Waals surface area contributed by atoms with Crippen LogP contribution in [0.15, 0.2) is 33.4 Å². The van der Waals surface area contributed by atoms with Crippen molar-refractivity contribution in [3.8, 4) is 0 Å². The van der Waals surface area contributed by atoms with Crippen molar-refractivity contribution in [3.05, 3.63) is 39.4 Å². The molecule has 1 aromatic rings. The summed E-state index contributed by atoms with van der Waals surface area (Å²) in [5, 5.41) is 8.15. The van der Waals surface area contributed by atoms with Gasteiger partial charge in [-0.3, -0.25) is 9.80 Å². The Balaban J connectivity index is 1.66. The first-order valence-corrected chi connectivity index (χ1v) is 9.65. The third-order valence-electron chi connectivity index (χ3n) is 6.00. The molecule has 0 saturated heterocycles. The molecule has 1 amide bonds. The quantitative estimate of drug-likeness (QED) is 0.768. The Morgan fingerprint density at radius 3 is 2.67 bits per heavy atom. The number of hydrogen-bond donors (Lipinski definition) is 1. The molecule has 1 aliphatic heterocycles. The molecule has 4 unspecified atom stereocenters. The molecule has 4 atom stereocenters. The summed E-state index contributed by atoms with van der Waals surface area (Å²) in [4.78, 5) is 12.9. The average Bonchev–Trinajstić information content (AvgIpc) is 3.26. The van der Waals surface area contributed by atoms with Crippen LogP contribution in [0.4, 0.5) is 14.5 Å². The molecule has 1 N–H and O–H groups in total. The number of fused-ring (bicyclic) bond motifs is 5. The van der Waals surface area contributed by atoms with Crippen LogP contribution < -0.4 is 5.32 Å². The van der Waals surface area contributed by atoms with Crippen molar-refractivity contribution >= 4 is 40.5 Å². The number of carbonyl (C=O) groups is 1. The summed E-state index contributed by atoms with van der Waals surface area (Å²) in [6.45, 7) is 1.72. The van der Waals surface area contributed by atoms with Gasteiger partial charge in [0.2, 0.25) is 5.91 Å². The molecule has 3 aliphatic rings. The third kappa shape index (κ3) is 2.85. The van der Waals surface area contributed by atoms with Crippen molar-refractivity contribution in [1.82, 2.24) is 5.01 Å². The van der Waals surface area contributed by atoms with E-state index < -0.39 is 24.3 Å². The zero-order chi connectivity index (χ0) is 19.5. The first-order chi connectivity index (χ1) is 12.8. The number of alkyl halides is 2. The Morgan fingerprint density at radius 2 is 2.00 bits per heavy atom. The number of hydrazone groups is 1. The van der Waals surface area contributed by atoms with Crippen molar-refractivity contribution in [2.75, 3.05) is 12.4 Å². The number of rotatable bonds is 3. The number of amides is 1. The lowest BCUT2D eigenvalue weighted by molar-refractivity contribution is -0.119. The fraction of sp³-hybridized carbons (Fsp3) is 0.474. The Labute approximate surface area is 166 Å². The largest absolute Gasteiger partial charge is 0.325 e. The summed E-state index contributed by atoms with van der Waals surface area (Å²) in [7, 11) is 1.60. The van der Waals surface area contributed by atoms with Gasteiger partial charge in [-0.1, -0.05) is 35.3 Å². The number of carbonyl (C=O) groups excluding carboxylic acids is 1. The Morgan fingerprint density at radius 1 is 1.30 bits per heavy atom. The SMILES string of the molecule is CC1C(C(=O)Nc2cccc3c2C2CCC3C2=C(Cl)Cl)C(C(F)F)=NN1C. The number of allylic oxidation sites excluding steroid dienone is 1. The number of nitrogens with one attached hydrogen (secondary N) is 1. The molecule has 1 heterocycles. The summed E-state index contributed by atoms with van der Waals surface area (Å²) in [6.07, 6.45) is -0.884. The lowest BCUT2D eigenvalue weighted by Crippen LogP contribution is -2.39. The maximum Gasteiger partial charge on any atom is 0.279 e. The lowest BCUT2D eigenvalue weighted by Gasteiger charge is -2.23. The molecule has 1 fully saturated rings. The second-order valence-corrected chi connectivity index (χ2v) is 8.26. The lowest BCUT2D eigenvalue weighted by atomic mass is 9.90. The van der Waals surface area contributed by atoms with Crippen LogP contribution in [0.5, 0.6) is 0 Å². The minimum absolute atomic E-state index is 0.0680. The van der Waals surface area contributed by atoms with E-state index in [4.69, 9.17) is 23.2 Å². The predicted octanol–water partition coefficient (Wildman–Crippen LogP) is 4.86. The fourth-order valence-electron chi connectivity index (χ4n) is 4.70. The van der Waals surface area contributed by atoms with Gasteiger partial charge in [0.05, 0.1) is 6.04 Å². The van der Waals surface area contributed by atoms with Gasteiger partial charge in [-0.05, 0) is 42.5 Å². The molecule has 4 nitrogen and oxygen atoms in total. The van der Waals surface area contributed by atoms with Gasteiger partial charge in [-0.25, -0.2) is 8.78 Å². The van der Waals surface area contributed by atoms with E-state index in [2.05, 4.69) is 10.4 Å². The highest BCUT2D eigenvalue weighted by Gasteiger charge is 2.46. The van der Waals surface area contributed by atoms with Crippen LogP contribution in [0, 0.1) is 5.92 Å². The van der Waals surface area contributed by atoms with Gasteiger partial charge < -0.3 is 5.32 Å². The van der Waals surface area contributed by atoms with E-state index in [0.29, 0.717) is 5.69 Å². The highest BCUT2D eigenvalue weighted by Crippen LogP contribution is 2.60. The highest BCUT2D eigenvalue weighted by atomic mass is 35.5. The summed E-state index contributed by atoms with van der Waals surface area (Å²) in [5.74, 6) is -1.22. The monoisotopic (exact) mass is 413 g/mol. The maximum atomic E-state index is 13.3. The van der Waals surface area contributed by atoms with E-state index in [1.807, 2.05) is 12.1 Å². The van der Waals surface area contributed by atoms with E-state index >= 15 is 0 Å². The van der Waals surface area contributed by atoms with Crippen molar-refractivity contribution in [2.24, 2.45) is 11.0 Å². The van der Waals surface area contributed by atoms with E-state index in [0.717, 1.165) is 29.5 Å². The van der Waals surface area contributed by atoms with Crippen molar-refractivity contribution < 1.29 is 13.6 Å². The minimum atomic E-state index is -2.77. The molecule has 0 aromatic heterocycles. The molecular formula is C19H19Cl2F2N3O. The number of nitrogens with zero attached hydrogens (tertiary/aromatic N) is 2. The van der Waals surface area contributed by atoms with Crippen molar-refractivity contribution in [1.29, 1.82) is 0 Å². The highest BCUT2D eigenvalue weighted by molar-refractivity contribution is 6.56. The molecule has 1 saturated carbocycles. The van der Waals surface area contributed by atoms with Crippen LogP contribution >= 0.6 is 23.2 Å². The van der Waals surface area contributed by atoms with Crippen molar-refractivity contribution in [3.63, 3.8) is 0 Å². The standard InChI is InChI=1S/C19H19Cl2F2N3O/c1-8-13(16(18(22)23)25-26(8)2)19(27)24-12-5-3-4-9-10-6-7-11(14(9)12)15(10)17(20)21/h3-5,8,10-11,13,18H,6-7H2,1-2H3,(H,24,27). The number of halogens is 4. The Bertz CT molecular complexity index is 867. The van der Waals surface area contributed by atoms with Gasteiger partial charge >= 0.3 is 0 Å². The zero-order valence-corrected chi connectivity index (χ0v) is 16.4. The molecule has 0 radical (unpaired) electrons. The molecule has 2 aliphatic carbocycles. The van der Waals surface area contributed by atoms with Crippen LogP contribution in [0.1, 0.15) is 42.7 Å². The predicted molar refractivity (Wildman–Crippen MR) is 103 cm³/mol. The van der Waals surface area contributed by atoms with E-state index in [-0.39, 0.29) is 22.0 Å². The second-order valence-electron chi connectivity index (χ2n) is 7.31. The van der Waals surface area contributed by atoms with Crippen LogP contribution in [-0.4, -0.2) is 36.1 Å². The van der Waals surface area contributed by atoms with Gasteiger partial charge in [0.15, 0.2) is 0 Å². The van der Waals surface area contributed by atoms with Crippen LogP contribution in [0.25, 0.3) is 0 Å². The molecule has 8 heteroatoms. The van der Waals surface area contributed by atoms with Gasteiger partial charge in [0.1, 0.15) is 16.1 Å². The van der Waals surface area contributed by atoms with E-state index in [1.165, 1.54) is 5.01 Å². The minimum Gasteiger partial charge on any atom is -0.325 e. The van der Waals surface area contributed by atoms with Gasteiger partial charge in [0.25, 0.3) is 6.43 Å². The first-order valence-electron chi connectivity index (χ1n) is 8.89. The fourth-order valence-corrected chi connectivity index (χ4v) is 5.23. The normalized spacial score (nSPS) is 28.6. The summed E-state index contributed by atoms with van der Waals surface area (Å²) >= 11 is 12.2. The molecule has 144 valence electrons. The molecular weight excluding hydrogens is 395 g/mol. The summed E-state index contributed by atoms with van der Waals surface area (Å²) in [5.41, 5.74) is 3.37. The molecule has 1 aromatic carbocycles. The van der Waals surface area contributed by atoms with Crippen molar-refractivity contribution in [2.45, 2.75) is 44.1 Å². The van der Waals surface area contributed by atoms with E-state index in [9.17, 15) is 13.6 Å². The maximum absolute atomic E-state index is 13.3. The molecule has 27 heavy (non-hydrogen) atoms. The number of benzene rings is 1. The van der Waals surface area contributed by atoms with Crippen LogP contribution in [-0.2, 0) is 4.79 Å². The second kappa shape index (κ2) is 6.74. The third-order valence-corrected chi connectivity index (χ3v) is 6.44. The van der Waals surface area contributed by atoms with Gasteiger partial charge in [-0.2, -0.15) is 5.10 Å². The smallest absolute Gasteiger partial charge is 0.279 e. The van der Waals surface area contributed by atoms with Crippen LogP contribution in [0.3, 0.4) is 0 Å². The topological polar surface area (TPSA) is 44.7 Å². The number of anilines is 1. The van der Waals surface area contributed by atoms with Gasteiger partial charge in [0, 0.05) is 24.6 Å². The summed E-state index contributed by atoms with van der Waals surface area (Å²) < 4.78 is 27.0. The molecule has 4 rings (SSSR count). The van der Waals surface area contributed by atoms with E-state index in [1.54, 1.807) is 20.0 Å². The Hall–Kier alpha value is -1.66. The zero-order valence-electron chi connectivity index (χ0n) is 14.8. The first kappa shape index (κ1) is 18.7. The van der Waals surface area contributed by atoms with Crippen LogP contribution in [0.2, 0.25) is 0 Å². The average molecular weight is 414 g/mol. The molecule has 2 bridgehead atoms. The summed E-state index contributed by atoms with van der Waals surface area (Å²) in [6, 6.07) is 5.25. The Kier molecular flexibility index (Phi) is 4.67. The molecule has 0 spiro atoms. The van der Waals surface area contributed by atoms with Gasteiger partial charge in [-0.15, -0.1) is 0 Å².